The number of amidine groups is 1. The predicted octanol–water partition coefficient (Wildman–Crippen LogP) is 1.43. The summed E-state index contributed by atoms with van der Waals surface area (Å²) in [5, 5.41) is 6.00. The number of halogens is 1. The van der Waals surface area contributed by atoms with Crippen LogP contribution in [0.3, 0.4) is 0 Å². The number of unbranched alkanes of at least 4 members (excludes halogenated alkanes) is 1. The SMILES string of the molecule is CCCCC(N=C1NS(=O)(=O)c2ccccc21)C(=O)NCCNCC.Cl. The van der Waals surface area contributed by atoms with Gasteiger partial charge in [-0.15, -0.1) is 12.4 Å². The van der Waals surface area contributed by atoms with Crippen LogP contribution < -0.4 is 15.4 Å². The van der Waals surface area contributed by atoms with Crippen LogP contribution in [0.4, 0.5) is 0 Å². The first-order valence-corrected chi connectivity index (χ1v) is 10.2. The largest absolute Gasteiger partial charge is 0.353 e. The summed E-state index contributed by atoms with van der Waals surface area (Å²) in [6.45, 7) is 6.09. The number of fused-ring (bicyclic) bond motifs is 1. The molecular weight excluding hydrogens is 376 g/mol. The Morgan fingerprint density at radius 3 is 2.65 bits per heavy atom. The molecule has 0 spiro atoms. The average Bonchev–Trinajstić information content (AvgIpc) is 2.86. The highest BCUT2D eigenvalue weighted by Gasteiger charge is 2.31. The summed E-state index contributed by atoms with van der Waals surface area (Å²) < 4.78 is 26.8. The summed E-state index contributed by atoms with van der Waals surface area (Å²) >= 11 is 0. The van der Waals surface area contributed by atoms with Crippen LogP contribution in [0.5, 0.6) is 0 Å². The third-order valence-corrected chi connectivity index (χ3v) is 5.33. The molecule has 1 aromatic rings. The minimum atomic E-state index is -3.59. The Labute approximate surface area is 161 Å². The van der Waals surface area contributed by atoms with Gasteiger partial charge in [-0.1, -0.05) is 38.8 Å². The number of carbonyl (C=O) groups excluding carboxylic acids is 1. The number of nitrogens with zero attached hydrogens (tertiary/aromatic N) is 1. The van der Waals surface area contributed by atoms with Gasteiger partial charge >= 0.3 is 0 Å². The average molecular weight is 403 g/mol. The molecule has 0 bridgehead atoms. The number of hydrogen-bond donors (Lipinski definition) is 3. The molecule has 1 atom stereocenters. The van der Waals surface area contributed by atoms with E-state index in [0.29, 0.717) is 25.1 Å². The van der Waals surface area contributed by atoms with E-state index < -0.39 is 16.1 Å². The summed E-state index contributed by atoms with van der Waals surface area (Å²) in [4.78, 5) is 17.1. The Kier molecular flexibility index (Phi) is 9.04. The lowest BCUT2D eigenvalue weighted by Crippen LogP contribution is -2.39. The summed E-state index contributed by atoms with van der Waals surface area (Å²) in [5.74, 6) is 0.0703. The third-order valence-electron chi connectivity index (χ3n) is 3.93. The Balaban J connectivity index is 0.00000338. The van der Waals surface area contributed by atoms with Crippen LogP contribution in [-0.4, -0.2) is 45.8 Å². The highest BCUT2D eigenvalue weighted by atomic mass is 35.5. The summed E-state index contributed by atoms with van der Waals surface area (Å²) in [6.07, 6.45) is 2.36. The molecule has 0 fully saturated rings. The van der Waals surface area contributed by atoms with Crippen LogP contribution in [0.25, 0.3) is 0 Å². The van der Waals surface area contributed by atoms with Crippen molar-refractivity contribution in [2.24, 2.45) is 4.99 Å². The van der Waals surface area contributed by atoms with Crippen molar-refractivity contribution in [2.45, 2.75) is 44.0 Å². The number of sulfonamides is 1. The van der Waals surface area contributed by atoms with Gasteiger partial charge in [0.05, 0.1) is 4.90 Å². The Morgan fingerprint density at radius 2 is 1.96 bits per heavy atom. The number of nitrogens with one attached hydrogen (secondary N) is 3. The minimum Gasteiger partial charge on any atom is -0.353 e. The fourth-order valence-electron chi connectivity index (χ4n) is 2.61. The molecule has 0 aliphatic carbocycles. The van der Waals surface area contributed by atoms with E-state index in [1.54, 1.807) is 18.2 Å². The molecule has 0 radical (unpaired) electrons. The monoisotopic (exact) mass is 402 g/mol. The molecule has 1 amide bonds. The third kappa shape index (κ3) is 5.69. The smallest absolute Gasteiger partial charge is 0.263 e. The molecule has 1 aliphatic heterocycles. The van der Waals surface area contributed by atoms with Crippen molar-refractivity contribution < 1.29 is 13.2 Å². The number of likely N-dealkylation sites (N-methyl/N-ethyl adjacent to an activating group) is 1. The van der Waals surface area contributed by atoms with Gasteiger partial charge in [0.2, 0.25) is 5.91 Å². The van der Waals surface area contributed by atoms with Gasteiger partial charge in [0.15, 0.2) is 0 Å². The molecule has 1 aromatic carbocycles. The van der Waals surface area contributed by atoms with E-state index in [9.17, 15) is 13.2 Å². The summed E-state index contributed by atoms with van der Waals surface area (Å²) in [6, 6.07) is 6.06. The molecule has 0 aromatic heterocycles. The summed E-state index contributed by atoms with van der Waals surface area (Å²) in [5.41, 5.74) is 0.518. The lowest BCUT2D eigenvalue weighted by atomic mass is 10.1. The number of amides is 1. The molecule has 2 rings (SSSR count). The van der Waals surface area contributed by atoms with Crippen LogP contribution in [0.1, 0.15) is 38.7 Å². The molecule has 7 nitrogen and oxygen atoms in total. The van der Waals surface area contributed by atoms with Gasteiger partial charge in [-0.05, 0) is 25.1 Å². The first kappa shape index (κ1) is 22.4. The molecule has 9 heteroatoms. The zero-order valence-electron chi connectivity index (χ0n) is 15.1. The van der Waals surface area contributed by atoms with Crippen LogP contribution in [0.15, 0.2) is 34.2 Å². The summed E-state index contributed by atoms with van der Waals surface area (Å²) in [7, 11) is -3.59. The number of rotatable bonds is 9. The van der Waals surface area contributed by atoms with Crippen molar-refractivity contribution in [1.29, 1.82) is 0 Å². The van der Waals surface area contributed by atoms with E-state index in [4.69, 9.17) is 0 Å². The van der Waals surface area contributed by atoms with E-state index in [1.165, 1.54) is 6.07 Å². The molecule has 3 N–H and O–H groups in total. The zero-order chi connectivity index (χ0) is 18.3. The Bertz CT molecular complexity index is 737. The van der Waals surface area contributed by atoms with E-state index >= 15 is 0 Å². The second kappa shape index (κ2) is 10.5. The fraction of sp³-hybridized carbons (Fsp3) is 0.529. The predicted molar refractivity (Wildman–Crippen MR) is 105 cm³/mol. The highest BCUT2D eigenvalue weighted by molar-refractivity contribution is 7.90. The van der Waals surface area contributed by atoms with Crippen LogP contribution in [0, 0.1) is 0 Å². The van der Waals surface area contributed by atoms with Crippen LogP contribution in [-0.2, 0) is 14.8 Å². The van der Waals surface area contributed by atoms with Crippen molar-refractivity contribution in [2.75, 3.05) is 19.6 Å². The molecular formula is C17H27ClN4O3S. The molecule has 146 valence electrons. The number of carbonyl (C=O) groups is 1. The van der Waals surface area contributed by atoms with Crippen molar-refractivity contribution in [3.05, 3.63) is 29.8 Å². The molecule has 0 saturated heterocycles. The maximum absolute atomic E-state index is 12.5. The van der Waals surface area contributed by atoms with Crippen LogP contribution >= 0.6 is 12.4 Å². The lowest BCUT2D eigenvalue weighted by molar-refractivity contribution is -0.122. The maximum Gasteiger partial charge on any atom is 0.263 e. The van der Waals surface area contributed by atoms with Gasteiger partial charge in [-0.25, -0.2) is 8.42 Å². The van der Waals surface area contributed by atoms with E-state index in [1.807, 2.05) is 13.8 Å². The van der Waals surface area contributed by atoms with E-state index in [0.717, 1.165) is 19.4 Å². The normalized spacial score (nSPS) is 17.1. The van der Waals surface area contributed by atoms with Gasteiger partial charge in [-0.3, -0.25) is 14.5 Å². The molecule has 26 heavy (non-hydrogen) atoms. The van der Waals surface area contributed by atoms with Crippen molar-refractivity contribution in [1.82, 2.24) is 15.4 Å². The van der Waals surface area contributed by atoms with Gasteiger partial charge in [0.1, 0.15) is 11.9 Å². The second-order valence-electron chi connectivity index (χ2n) is 5.88. The van der Waals surface area contributed by atoms with Gasteiger partial charge in [0.25, 0.3) is 10.0 Å². The molecule has 0 saturated carbocycles. The number of aliphatic imine (C=N–C) groups is 1. The standard InChI is InChI=1S/C17H26N4O3S.ClH/c1-3-5-9-14(17(22)19-12-11-18-4-2)20-16-13-8-6-7-10-15(13)25(23,24)21-16;/h6-8,10,14,18H,3-5,9,11-12H2,1-2H3,(H,19,22)(H,20,21);1H. The van der Waals surface area contributed by atoms with Gasteiger partial charge < -0.3 is 10.6 Å². The molecule has 1 aliphatic rings. The maximum atomic E-state index is 12.5. The minimum absolute atomic E-state index is 0. The quantitative estimate of drug-likeness (QED) is 0.544. The van der Waals surface area contributed by atoms with Gasteiger partial charge in [-0.2, -0.15) is 0 Å². The number of hydrogen-bond acceptors (Lipinski definition) is 5. The first-order chi connectivity index (χ1) is 12.0. The zero-order valence-corrected chi connectivity index (χ0v) is 16.8. The molecule has 1 unspecified atom stereocenters. The Hall–Kier alpha value is -1.64. The van der Waals surface area contributed by atoms with Gasteiger partial charge in [0, 0.05) is 18.7 Å². The van der Waals surface area contributed by atoms with Crippen molar-refractivity contribution in [3.63, 3.8) is 0 Å². The lowest BCUT2D eigenvalue weighted by Gasteiger charge is -2.14. The number of benzene rings is 1. The van der Waals surface area contributed by atoms with Crippen molar-refractivity contribution in [3.8, 4) is 0 Å². The van der Waals surface area contributed by atoms with E-state index in [-0.39, 0.29) is 29.0 Å². The Morgan fingerprint density at radius 1 is 1.23 bits per heavy atom. The molecule has 1 heterocycles. The fourth-order valence-corrected chi connectivity index (χ4v) is 3.85. The van der Waals surface area contributed by atoms with E-state index in [2.05, 4.69) is 20.3 Å². The first-order valence-electron chi connectivity index (χ1n) is 8.68. The van der Waals surface area contributed by atoms with Crippen molar-refractivity contribution >= 4 is 34.2 Å². The van der Waals surface area contributed by atoms with Crippen LogP contribution in [0.2, 0.25) is 0 Å². The second-order valence-corrected chi connectivity index (χ2v) is 7.53. The highest BCUT2D eigenvalue weighted by Crippen LogP contribution is 2.23. The topological polar surface area (TPSA) is 99.7 Å².